The third-order valence-corrected chi connectivity index (χ3v) is 3.46. The van der Waals surface area contributed by atoms with Gasteiger partial charge in [-0.15, -0.1) is 0 Å². The van der Waals surface area contributed by atoms with Gasteiger partial charge in [-0.25, -0.2) is 13.6 Å². The van der Waals surface area contributed by atoms with Crippen LogP contribution in [0.2, 0.25) is 0 Å². The van der Waals surface area contributed by atoms with Crippen LogP contribution >= 0.6 is 0 Å². The predicted molar refractivity (Wildman–Crippen MR) is 80.2 cm³/mol. The molecule has 130 valence electrons. The molecule has 7 nitrogen and oxygen atoms in total. The van der Waals surface area contributed by atoms with Crippen LogP contribution in [0.3, 0.4) is 0 Å². The molecule has 1 N–H and O–H groups in total. The van der Waals surface area contributed by atoms with E-state index in [1.165, 1.54) is 9.80 Å². The number of amides is 3. The summed E-state index contributed by atoms with van der Waals surface area (Å²) in [6.45, 7) is 2.69. The molecule has 0 aliphatic carbocycles. The Hall–Kier alpha value is -2.71. The van der Waals surface area contributed by atoms with Gasteiger partial charge in [0.15, 0.2) is 0 Å². The Kier molecular flexibility index (Phi) is 5.67. The van der Waals surface area contributed by atoms with Crippen molar-refractivity contribution < 1.29 is 27.9 Å². The molecule has 1 aliphatic heterocycles. The van der Waals surface area contributed by atoms with Crippen molar-refractivity contribution in [3.8, 4) is 0 Å². The summed E-state index contributed by atoms with van der Waals surface area (Å²) in [4.78, 5) is 38.2. The third kappa shape index (κ3) is 4.18. The Morgan fingerprint density at radius 3 is 2.38 bits per heavy atom. The maximum absolute atomic E-state index is 13.5. The van der Waals surface area contributed by atoms with Gasteiger partial charge in [0, 0.05) is 32.2 Å². The van der Waals surface area contributed by atoms with E-state index in [9.17, 15) is 23.2 Å². The number of halogens is 2. The molecule has 0 atom stereocenters. The van der Waals surface area contributed by atoms with Gasteiger partial charge in [-0.3, -0.25) is 9.59 Å². The number of nitrogens with zero attached hydrogens (tertiary/aromatic N) is 2. The molecule has 24 heavy (non-hydrogen) atoms. The van der Waals surface area contributed by atoms with Gasteiger partial charge < -0.3 is 19.9 Å². The molecule has 1 fully saturated rings. The zero-order valence-electron chi connectivity index (χ0n) is 13.1. The van der Waals surface area contributed by atoms with Crippen molar-refractivity contribution in [1.82, 2.24) is 9.80 Å². The standard InChI is InChI=1S/C15H17F2N3O4/c1-2-24-15(23)20-7-5-19(6-8-20)14(22)13(21)18-12-9-10(16)3-4-11(12)17/h3-4,9H,2,5-8H2,1H3,(H,18,21). The van der Waals surface area contributed by atoms with Gasteiger partial charge in [0.1, 0.15) is 11.6 Å². The molecule has 0 aromatic heterocycles. The molecule has 1 aromatic rings. The SMILES string of the molecule is CCOC(=O)N1CCN(C(=O)C(=O)Nc2cc(F)ccc2F)CC1. The number of anilines is 1. The first kappa shape index (κ1) is 17.6. The number of carbonyl (C=O) groups is 3. The number of benzene rings is 1. The van der Waals surface area contributed by atoms with Crippen LogP contribution in [0.4, 0.5) is 19.3 Å². The van der Waals surface area contributed by atoms with Crippen LogP contribution < -0.4 is 5.32 Å². The highest BCUT2D eigenvalue weighted by Gasteiger charge is 2.28. The zero-order valence-corrected chi connectivity index (χ0v) is 13.1. The summed E-state index contributed by atoms with van der Waals surface area (Å²) < 4.78 is 31.4. The van der Waals surface area contributed by atoms with E-state index >= 15 is 0 Å². The van der Waals surface area contributed by atoms with Crippen molar-refractivity contribution in [2.75, 3.05) is 38.1 Å². The molecule has 0 unspecified atom stereocenters. The van der Waals surface area contributed by atoms with Crippen molar-refractivity contribution in [2.24, 2.45) is 0 Å². The van der Waals surface area contributed by atoms with Gasteiger partial charge in [0.2, 0.25) is 0 Å². The lowest BCUT2D eigenvalue weighted by atomic mass is 10.2. The van der Waals surface area contributed by atoms with Crippen LogP contribution in [0.25, 0.3) is 0 Å². The molecule has 1 heterocycles. The lowest BCUT2D eigenvalue weighted by molar-refractivity contribution is -0.144. The minimum Gasteiger partial charge on any atom is -0.450 e. The molecule has 0 bridgehead atoms. The normalized spacial score (nSPS) is 14.3. The van der Waals surface area contributed by atoms with E-state index in [-0.39, 0.29) is 32.8 Å². The fourth-order valence-electron chi connectivity index (χ4n) is 2.22. The quantitative estimate of drug-likeness (QED) is 0.820. The zero-order chi connectivity index (χ0) is 17.7. The van der Waals surface area contributed by atoms with Gasteiger partial charge in [0.05, 0.1) is 12.3 Å². The molecule has 9 heteroatoms. The number of hydrogen-bond acceptors (Lipinski definition) is 4. The van der Waals surface area contributed by atoms with Crippen LogP contribution in [0.5, 0.6) is 0 Å². The summed E-state index contributed by atoms with van der Waals surface area (Å²) in [6.07, 6.45) is -0.476. The Balaban J connectivity index is 1.91. The van der Waals surface area contributed by atoms with Crippen molar-refractivity contribution >= 4 is 23.6 Å². The molecular formula is C15H17F2N3O4. The number of nitrogens with one attached hydrogen (secondary N) is 1. The second kappa shape index (κ2) is 7.71. The maximum Gasteiger partial charge on any atom is 0.409 e. The third-order valence-electron chi connectivity index (χ3n) is 3.46. The smallest absolute Gasteiger partial charge is 0.409 e. The van der Waals surface area contributed by atoms with Crippen LogP contribution in [0.1, 0.15) is 6.92 Å². The van der Waals surface area contributed by atoms with Crippen molar-refractivity contribution in [1.29, 1.82) is 0 Å². The average molecular weight is 341 g/mol. The molecule has 3 amide bonds. The summed E-state index contributed by atoms with van der Waals surface area (Å²) in [5.41, 5.74) is -0.404. The molecular weight excluding hydrogens is 324 g/mol. The van der Waals surface area contributed by atoms with Gasteiger partial charge in [-0.05, 0) is 19.1 Å². The van der Waals surface area contributed by atoms with E-state index in [1.807, 2.05) is 0 Å². The first-order valence-electron chi connectivity index (χ1n) is 7.39. The average Bonchev–Trinajstić information content (AvgIpc) is 2.57. The van der Waals surface area contributed by atoms with Crippen LogP contribution in [0.15, 0.2) is 18.2 Å². The van der Waals surface area contributed by atoms with E-state index < -0.39 is 35.2 Å². The summed E-state index contributed by atoms with van der Waals surface area (Å²) in [5.74, 6) is -3.52. The lowest BCUT2D eigenvalue weighted by Crippen LogP contribution is -2.53. The fourth-order valence-corrected chi connectivity index (χ4v) is 2.22. The van der Waals surface area contributed by atoms with Crippen molar-refractivity contribution in [3.05, 3.63) is 29.8 Å². The number of ether oxygens (including phenoxy) is 1. The molecule has 1 aromatic carbocycles. The van der Waals surface area contributed by atoms with Gasteiger partial charge in [0.25, 0.3) is 0 Å². The second-order valence-electron chi connectivity index (χ2n) is 5.06. The largest absolute Gasteiger partial charge is 0.450 e. The van der Waals surface area contributed by atoms with Crippen LogP contribution in [-0.2, 0) is 14.3 Å². The molecule has 0 spiro atoms. The minimum absolute atomic E-state index is 0.150. The lowest BCUT2D eigenvalue weighted by Gasteiger charge is -2.33. The number of hydrogen-bond donors (Lipinski definition) is 1. The summed E-state index contributed by atoms with van der Waals surface area (Å²) in [6, 6.07) is 2.55. The summed E-state index contributed by atoms with van der Waals surface area (Å²) in [5, 5.41) is 2.05. The first-order chi connectivity index (χ1) is 11.4. The monoisotopic (exact) mass is 341 g/mol. The molecule has 0 radical (unpaired) electrons. The van der Waals surface area contributed by atoms with Crippen LogP contribution in [0, 0.1) is 11.6 Å². The Morgan fingerprint density at radius 1 is 1.12 bits per heavy atom. The van der Waals surface area contributed by atoms with Crippen LogP contribution in [-0.4, -0.2) is 60.5 Å². The summed E-state index contributed by atoms with van der Waals surface area (Å²) >= 11 is 0. The first-order valence-corrected chi connectivity index (χ1v) is 7.39. The molecule has 0 saturated carbocycles. The Bertz CT molecular complexity index is 646. The van der Waals surface area contributed by atoms with E-state index in [1.54, 1.807) is 6.92 Å². The Morgan fingerprint density at radius 2 is 1.75 bits per heavy atom. The number of rotatable bonds is 2. The van der Waals surface area contributed by atoms with E-state index in [0.717, 1.165) is 18.2 Å². The van der Waals surface area contributed by atoms with Gasteiger partial charge in [-0.1, -0.05) is 0 Å². The molecule has 1 saturated heterocycles. The van der Waals surface area contributed by atoms with Crippen molar-refractivity contribution in [3.63, 3.8) is 0 Å². The van der Waals surface area contributed by atoms with Crippen molar-refractivity contribution in [2.45, 2.75) is 6.92 Å². The maximum atomic E-state index is 13.5. The molecule has 2 rings (SSSR count). The minimum atomic E-state index is -1.07. The van der Waals surface area contributed by atoms with E-state index in [0.29, 0.717) is 0 Å². The number of carbonyl (C=O) groups excluding carboxylic acids is 3. The topological polar surface area (TPSA) is 79.0 Å². The van der Waals surface area contributed by atoms with E-state index in [2.05, 4.69) is 5.32 Å². The summed E-state index contributed by atoms with van der Waals surface area (Å²) in [7, 11) is 0. The van der Waals surface area contributed by atoms with E-state index in [4.69, 9.17) is 4.74 Å². The highest BCUT2D eigenvalue weighted by molar-refractivity contribution is 6.39. The number of piperazine rings is 1. The van der Waals surface area contributed by atoms with Gasteiger partial charge >= 0.3 is 17.9 Å². The second-order valence-corrected chi connectivity index (χ2v) is 5.06. The molecule has 1 aliphatic rings. The highest BCUT2D eigenvalue weighted by atomic mass is 19.1. The Labute approximate surface area is 137 Å². The van der Waals surface area contributed by atoms with Gasteiger partial charge in [-0.2, -0.15) is 0 Å². The predicted octanol–water partition coefficient (Wildman–Crippen LogP) is 1.20. The highest BCUT2D eigenvalue weighted by Crippen LogP contribution is 2.15. The fraction of sp³-hybridized carbons (Fsp3) is 0.400.